The van der Waals surface area contributed by atoms with Gasteiger partial charge in [-0.05, 0) is 37.3 Å². The zero-order chi connectivity index (χ0) is 13.0. The second kappa shape index (κ2) is 5.40. The Morgan fingerprint density at radius 1 is 1.33 bits per heavy atom. The third kappa shape index (κ3) is 2.37. The summed E-state index contributed by atoms with van der Waals surface area (Å²) in [5, 5.41) is 0. The second-order valence-corrected chi connectivity index (χ2v) is 3.76. The summed E-state index contributed by atoms with van der Waals surface area (Å²) in [4.78, 5) is 17.0. The van der Waals surface area contributed by atoms with Crippen LogP contribution in [0.4, 0.5) is 15.9 Å². The highest BCUT2D eigenvalue weighted by atomic mass is 19.1. The topological polar surface area (TPSA) is 33.2 Å². The van der Waals surface area contributed by atoms with Gasteiger partial charge in [-0.2, -0.15) is 0 Å². The van der Waals surface area contributed by atoms with Crippen molar-refractivity contribution in [3.63, 3.8) is 0 Å². The lowest BCUT2D eigenvalue weighted by molar-refractivity contribution is 0.112. The van der Waals surface area contributed by atoms with E-state index < -0.39 is 0 Å². The predicted molar refractivity (Wildman–Crippen MR) is 68.7 cm³/mol. The highest BCUT2D eigenvalue weighted by molar-refractivity contribution is 5.84. The first-order chi connectivity index (χ1) is 8.76. The second-order valence-electron chi connectivity index (χ2n) is 3.76. The Hall–Kier alpha value is -2.23. The zero-order valence-electron chi connectivity index (χ0n) is 10.0. The van der Waals surface area contributed by atoms with Crippen molar-refractivity contribution in [3.8, 4) is 0 Å². The molecule has 18 heavy (non-hydrogen) atoms. The van der Waals surface area contributed by atoms with Gasteiger partial charge in [-0.15, -0.1) is 0 Å². The van der Waals surface area contributed by atoms with Gasteiger partial charge in [0.15, 0.2) is 6.29 Å². The molecule has 0 bridgehead atoms. The van der Waals surface area contributed by atoms with Crippen molar-refractivity contribution in [2.24, 2.45) is 0 Å². The number of anilines is 2. The molecular formula is C14H13FN2O. The highest BCUT2D eigenvalue weighted by Gasteiger charge is 2.12. The first-order valence-corrected chi connectivity index (χ1v) is 5.69. The lowest BCUT2D eigenvalue weighted by Gasteiger charge is -2.23. The summed E-state index contributed by atoms with van der Waals surface area (Å²) in [5.41, 5.74) is 1.17. The Kier molecular flexibility index (Phi) is 3.67. The van der Waals surface area contributed by atoms with Gasteiger partial charge in [-0.1, -0.05) is 6.07 Å². The number of aromatic nitrogens is 1. The summed E-state index contributed by atoms with van der Waals surface area (Å²) in [6.45, 7) is 2.52. The maximum Gasteiger partial charge on any atom is 0.153 e. The molecule has 0 aliphatic heterocycles. The van der Waals surface area contributed by atoms with Gasteiger partial charge in [0, 0.05) is 18.4 Å². The molecule has 0 spiro atoms. The maximum absolute atomic E-state index is 13.2. The third-order valence-electron chi connectivity index (χ3n) is 2.64. The van der Waals surface area contributed by atoms with Crippen LogP contribution in [-0.4, -0.2) is 17.8 Å². The van der Waals surface area contributed by atoms with E-state index in [4.69, 9.17) is 0 Å². The molecule has 0 saturated heterocycles. The Bertz CT molecular complexity index is 557. The van der Waals surface area contributed by atoms with Gasteiger partial charge in [0.25, 0.3) is 0 Å². The minimum atomic E-state index is -0.311. The summed E-state index contributed by atoms with van der Waals surface area (Å²) < 4.78 is 13.2. The van der Waals surface area contributed by atoms with E-state index in [1.807, 2.05) is 6.92 Å². The lowest BCUT2D eigenvalue weighted by atomic mass is 10.2. The first kappa shape index (κ1) is 12.2. The smallest absolute Gasteiger partial charge is 0.153 e. The predicted octanol–water partition coefficient (Wildman–Crippen LogP) is 3.19. The number of hydrogen-bond donors (Lipinski definition) is 0. The minimum Gasteiger partial charge on any atom is -0.326 e. The summed E-state index contributed by atoms with van der Waals surface area (Å²) in [7, 11) is 0. The van der Waals surface area contributed by atoms with Gasteiger partial charge in [-0.3, -0.25) is 4.79 Å². The highest BCUT2D eigenvalue weighted by Crippen LogP contribution is 2.25. The number of rotatable bonds is 4. The number of halogens is 1. The van der Waals surface area contributed by atoms with Crippen LogP contribution in [0.5, 0.6) is 0 Å². The molecule has 4 heteroatoms. The van der Waals surface area contributed by atoms with Crippen LogP contribution in [0.2, 0.25) is 0 Å². The molecule has 0 fully saturated rings. The van der Waals surface area contributed by atoms with Gasteiger partial charge in [-0.25, -0.2) is 9.37 Å². The lowest BCUT2D eigenvalue weighted by Crippen LogP contribution is -2.19. The van der Waals surface area contributed by atoms with Crippen molar-refractivity contribution in [1.82, 2.24) is 4.98 Å². The van der Waals surface area contributed by atoms with E-state index in [0.29, 0.717) is 23.6 Å². The Balaban J connectivity index is 2.48. The van der Waals surface area contributed by atoms with Crippen LogP contribution in [0.3, 0.4) is 0 Å². The van der Waals surface area contributed by atoms with Crippen LogP contribution in [0.25, 0.3) is 0 Å². The molecule has 2 rings (SSSR count). The molecule has 0 atom stereocenters. The van der Waals surface area contributed by atoms with Gasteiger partial charge in [0.05, 0.1) is 5.56 Å². The van der Waals surface area contributed by atoms with Crippen LogP contribution in [-0.2, 0) is 0 Å². The van der Waals surface area contributed by atoms with E-state index in [2.05, 4.69) is 4.98 Å². The zero-order valence-corrected chi connectivity index (χ0v) is 10.0. The van der Waals surface area contributed by atoms with Crippen molar-refractivity contribution >= 4 is 17.8 Å². The number of pyridine rings is 1. The quantitative estimate of drug-likeness (QED) is 0.774. The molecule has 0 unspecified atom stereocenters. The Morgan fingerprint density at radius 3 is 2.83 bits per heavy atom. The van der Waals surface area contributed by atoms with Crippen LogP contribution in [0, 0.1) is 5.82 Å². The average molecular weight is 244 g/mol. The number of nitrogens with zero attached hydrogens (tertiary/aromatic N) is 2. The molecule has 0 saturated carbocycles. The molecule has 0 N–H and O–H groups in total. The summed E-state index contributed by atoms with van der Waals surface area (Å²) in [6, 6.07) is 9.62. The monoisotopic (exact) mass is 244 g/mol. The molecule has 0 aliphatic carbocycles. The van der Waals surface area contributed by atoms with E-state index >= 15 is 0 Å². The third-order valence-corrected chi connectivity index (χ3v) is 2.64. The van der Waals surface area contributed by atoms with Crippen molar-refractivity contribution < 1.29 is 9.18 Å². The van der Waals surface area contributed by atoms with Crippen molar-refractivity contribution in [2.75, 3.05) is 11.4 Å². The first-order valence-electron chi connectivity index (χ1n) is 5.69. The number of carbonyl (C=O) groups is 1. The SMILES string of the molecule is CCN(c1cccc(F)c1)c1ncccc1C=O. The summed E-state index contributed by atoms with van der Waals surface area (Å²) >= 11 is 0. The standard InChI is InChI=1S/C14H13FN2O/c1-2-17(13-7-3-6-12(15)9-13)14-11(10-18)5-4-8-16-14/h3-10H,2H2,1H3. The van der Waals surface area contributed by atoms with Gasteiger partial charge >= 0.3 is 0 Å². The van der Waals surface area contributed by atoms with Crippen LogP contribution in [0.15, 0.2) is 42.6 Å². The van der Waals surface area contributed by atoms with Gasteiger partial charge < -0.3 is 4.90 Å². The van der Waals surface area contributed by atoms with E-state index in [0.717, 1.165) is 6.29 Å². The fourth-order valence-electron chi connectivity index (χ4n) is 1.83. The maximum atomic E-state index is 13.2. The molecule has 0 radical (unpaired) electrons. The molecule has 0 amide bonds. The number of carbonyl (C=O) groups excluding carboxylic acids is 1. The minimum absolute atomic E-state index is 0.311. The molecule has 92 valence electrons. The normalized spacial score (nSPS) is 10.1. The molecular weight excluding hydrogens is 231 g/mol. The van der Waals surface area contributed by atoms with Crippen molar-refractivity contribution in [1.29, 1.82) is 0 Å². The molecule has 2 aromatic rings. The largest absolute Gasteiger partial charge is 0.326 e. The van der Waals surface area contributed by atoms with Crippen LogP contribution in [0.1, 0.15) is 17.3 Å². The van der Waals surface area contributed by atoms with E-state index in [1.165, 1.54) is 12.1 Å². The molecule has 0 aliphatic rings. The van der Waals surface area contributed by atoms with E-state index in [9.17, 15) is 9.18 Å². The number of hydrogen-bond acceptors (Lipinski definition) is 3. The fourth-order valence-corrected chi connectivity index (χ4v) is 1.83. The fraction of sp³-hybridized carbons (Fsp3) is 0.143. The Labute approximate surface area is 105 Å². The van der Waals surface area contributed by atoms with E-state index in [1.54, 1.807) is 35.4 Å². The summed E-state index contributed by atoms with van der Waals surface area (Å²) in [5.74, 6) is 0.232. The van der Waals surface area contributed by atoms with Crippen LogP contribution < -0.4 is 4.90 Å². The molecule has 1 heterocycles. The number of aldehydes is 1. The van der Waals surface area contributed by atoms with Gasteiger partial charge in [0.1, 0.15) is 11.6 Å². The molecule has 3 nitrogen and oxygen atoms in total. The molecule has 1 aromatic heterocycles. The van der Waals surface area contributed by atoms with E-state index in [-0.39, 0.29) is 5.82 Å². The van der Waals surface area contributed by atoms with Crippen LogP contribution >= 0.6 is 0 Å². The molecule has 1 aromatic carbocycles. The van der Waals surface area contributed by atoms with Gasteiger partial charge in [0.2, 0.25) is 0 Å². The Morgan fingerprint density at radius 2 is 2.17 bits per heavy atom. The van der Waals surface area contributed by atoms with Crippen molar-refractivity contribution in [3.05, 3.63) is 54.0 Å². The number of benzene rings is 1. The van der Waals surface area contributed by atoms with Crippen molar-refractivity contribution in [2.45, 2.75) is 6.92 Å². The summed E-state index contributed by atoms with van der Waals surface area (Å²) in [6.07, 6.45) is 2.37. The average Bonchev–Trinajstić information content (AvgIpc) is 2.40.